The lowest BCUT2D eigenvalue weighted by Gasteiger charge is -2.38. The number of rotatable bonds is 3. The lowest BCUT2D eigenvalue weighted by atomic mass is 10.2. The Bertz CT molecular complexity index is 620. The summed E-state index contributed by atoms with van der Waals surface area (Å²) < 4.78 is 5.23. The Labute approximate surface area is 147 Å². The van der Waals surface area contributed by atoms with Crippen LogP contribution in [0.5, 0.6) is 5.75 Å². The molecule has 1 saturated heterocycles. The number of carbonyl (C=O) groups is 1. The molecule has 0 bridgehead atoms. The van der Waals surface area contributed by atoms with Crippen LogP contribution in [-0.2, 0) is 4.74 Å². The minimum Gasteiger partial charge on any atom is -0.506 e. The van der Waals surface area contributed by atoms with E-state index in [9.17, 15) is 9.90 Å². The molecule has 0 atom stereocenters. The van der Waals surface area contributed by atoms with Gasteiger partial charge in [-0.1, -0.05) is 18.2 Å². The molecule has 6 nitrogen and oxygen atoms in total. The fourth-order valence-corrected chi connectivity index (χ4v) is 2.60. The maximum Gasteiger partial charge on any atom is 0.413 e. The molecule has 0 aromatic heterocycles. The average molecular weight is 354 g/mol. The molecule has 2 N–H and O–H groups in total. The summed E-state index contributed by atoms with van der Waals surface area (Å²) in [6.07, 6.45) is -0.500. The largest absolute Gasteiger partial charge is 0.506 e. The summed E-state index contributed by atoms with van der Waals surface area (Å²) in [5.74, 6) is 0.613. The van der Waals surface area contributed by atoms with Crippen LogP contribution in [0.25, 0.3) is 0 Å². The number of halogens is 1. The molecular formula is C17H24ClN3O3. The Morgan fingerprint density at radius 1 is 1.29 bits per heavy atom. The molecule has 1 aliphatic rings. The highest BCUT2D eigenvalue weighted by Crippen LogP contribution is 2.28. The van der Waals surface area contributed by atoms with Crippen LogP contribution in [-0.4, -0.2) is 47.9 Å². The number of hydrogen-bond donors (Lipinski definition) is 2. The van der Waals surface area contributed by atoms with E-state index in [1.54, 1.807) is 12.1 Å². The van der Waals surface area contributed by atoms with E-state index < -0.39 is 11.7 Å². The SMILES string of the molecule is C=C(NC(=O)OC(C)(C)C)N1CCN(c2ccc(O)c(Cl)c2)CC1. The van der Waals surface area contributed by atoms with Gasteiger partial charge in [-0.15, -0.1) is 0 Å². The Kier molecular flexibility index (Phi) is 5.49. The van der Waals surface area contributed by atoms with Gasteiger partial charge in [-0.2, -0.15) is 0 Å². The van der Waals surface area contributed by atoms with Gasteiger partial charge in [0, 0.05) is 31.9 Å². The van der Waals surface area contributed by atoms with E-state index in [0.29, 0.717) is 23.9 Å². The first-order valence-electron chi connectivity index (χ1n) is 7.83. The molecule has 7 heteroatoms. The Morgan fingerprint density at radius 3 is 2.46 bits per heavy atom. The normalized spacial score (nSPS) is 15.2. The van der Waals surface area contributed by atoms with Crippen molar-refractivity contribution >= 4 is 23.4 Å². The molecule has 1 heterocycles. The number of carbonyl (C=O) groups excluding carboxylic acids is 1. The second-order valence-corrected chi connectivity index (χ2v) is 7.09. The number of amides is 1. The first-order valence-corrected chi connectivity index (χ1v) is 8.21. The van der Waals surface area contributed by atoms with Crippen LogP contribution >= 0.6 is 11.6 Å². The Morgan fingerprint density at radius 2 is 1.92 bits per heavy atom. The zero-order valence-corrected chi connectivity index (χ0v) is 15.1. The van der Waals surface area contributed by atoms with Gasteiger partial charge in [-0.3, -0.25) is 5.32 Å². The molecule has 24 heavy (non-hydrogen) atoms. The zero-order valence-electron chi connectivity index (χ0n) is 14.3. The van der Waals surface area contributed by atoms with Gasteiger partial charge in [-0.25, -0.2) is 4.79 Å². The van der Waals surface area contributed by atoms with E-state index in [0.717, 1.165) is 18.8 Å². The van der Waals surface area contributed by atoms with Gasteiger partial charge >= 0.3 is 6.09 Å². The fourth-order valence-electron chi connectivity index (χ4n) is 2.43. The van der Waals surface area contributed by atoms with Crippen molar-refractivity contribution in [2.75, 3.05) is 31.1 Å². The number of ether oxygens (including phenoxy) is 1. The van der Waals surface area contributed by atoms with Crippen LogP contribution in [0, 0.1) is 0 Å². The maximum absolute atomic E-state index is 11.8. The molecule has 132 valence electrons. The van der Waals surface area contributed by atoms with Gasteiger partial charge < -0.3 is 19.6 Å². The van der Waals surface area contributed by atoms with Crippen molar-refractivity contribution in [2.24, 2.45) is 0 Å². The lowest BCUT2D eigenvalue weighted by Crippen LogP contribution is -2.49. The highest BCUT2D eigenvalue weighted by molar-refractivity contribution is 6.32. The number of piperazine rings is 1. The summed E-state index contributed by atoms with van der Waals surface area (Å²) in [5, 5.41) is 12.5. The smallest absolute Gasteiger partial charge is 0.413 e. The Balaban J connectivity index is 1.86. The molecule has 1 amide bonds. The molecule has 0 radical (unpaired) electrons. The fraction of sp³-hybridized carbons (Fsp3) is 0.471. The van der Waals surface area contributed by atoms with Gasteiger partial charge in [0.2, 0.25) is 0 Å². The van der Waals surface area contributed by atoms with Crippen LogP contribution in [0.15, 0.2) is 30.6 Å². The topological polar surface area (TPSA) is 65.0 Å². The highest BCUT2D eigenvalue weighted by Gasteiger charge is 2.22. The van der Waals surface area contributed by atoms with E-state index in [1.807, 2.05) is 31.7 Å². The minimum absolute atomic E-state index is 0.0778. The average Bonchev–Trinajstić information content (AvgIpc) is 2.48. The second kappa shape index (κ2) is 7.21. The van der Waals surface area contributed by atoms with E-state index in [4.69, 9.17) is 16.3 Å². The predicted molar refractivity (Wildman–Crippen MR) is 95.4 cm³/mol. The molecule has 0 unspecified atom stereocenters. The number of anilines is 1. The van der Waals surface area contributed by atoms with E-state index in [1.165, 1.54) is 0 Å². The van der Waals surface area contributed by atoms with E-state index in [2.05, 4.69) is 16.8 Å². The number of nitrogens with one attached hydrogen (secondary N) is 1. The number of phenolic OH excluding ortho intramolecular Hbond substituents is 1. The second-order valence-electron chi connectivity index (χ2n) is 6.68. The van der Waals surface area contributed by atoms with Crippen LogP contribution < -0.4 is 10.2 Å². The molecular weight excluding hydrogens is 330 g/mol. The molecule has 0 saturated carbocycles. The molecule has 2 rings (SSSR count). The summed E-state index contributed by atoms with van der Waals surface area (Å²) in [7, 11) is 0. The van der Waals surface area contributed by atoms with Gasteiger partial charge in [0.05, 0.1) is 5.02 Å². The third-order valence-electron chi connectivity index (χ3n) is 3.60. The van der Waals surface area contributed by atoms with Crippen molar-refractivity contribution in [2.45, 2.75) is 26.4 Å². The summed E-state index contributed by atoms with van der Waals surface area (Å²) in [6, 6.07) is 5.18. The van der Waals surface area contributed by atoms with Crippen molar-refractivity contribution < 1.29 is 14.6 Å². The number of hydrogen-bond acceptors (Lipinski definition) is 5. The zero-order chi connectivity index (χ0) is 17.9. The summed E-state index contributed by atoms with van der Waals surface area (Å²) in [5.41, 5.74) is 0.421. The van der Waals surface area contributed by atoms with Crippen LogP contribution in [0.4, 0.5) is 10.5 Å². The van der Waals surface area contributed by atoms with E-state index in [-0.39, 0.29) is 5.75 Å². The standard InChI is InChI=1S/C17H24ClN3O3/c1-12(19-16(23)24-17(2,3)4)20-7-9-21(10-8-20)13-5-6-15(22)14(18)11-13/h5-6,11,22H,1,7-10H2,2-4H3,(H,19,23). The molecule has 1 fully saturated rings. The first kappa shape index (κ1) is 18.3. The van der Waals surface area contributed by atoms with Crippen LogP contribution in [0.2, 0.25) is 5.02 Å². The summed E-state index contributed by atoms with van der Waals surface area (Å²) >= 11 is 5.96. The highest BCUT2D eigenvalue weighted by atomic mass is 35.5. The monoisotopic (exact) mass is 353 g/mol. The van der Waals surface area contributed by atoms with Gasteiger partial charge in [-0.05, 0) is 39.0 Å². The van der Waals surface area contributed by atoms with Crippen LogP contribution in [0.3, 0.4) is 0 Å². The Hall–Kier alpha value is -2.08. The molecule has 1 aliphatic heterocycles. The quantitative estimate of drug-likeness (QED) is 0.873. The number of alkyl carbamates (subject to hydrolysis) is 1. The van der Waals surface area contributed by atoms with Crippen molar-refractivity contribution in [1.29, 1.82) is 0 Å². The molecule has 0 aliphatic carbocycles. The predicted octanol–water partition coefficient (Wildman–Crippen LogP) is 3.16. The molecule has 1 aromatic rings. The van der Waals surface area contributed by atoms with Gasteiger partial charge in [0.25, 0.3) is 0 Å². The number of benzene rings is 1. The van der Waals surface area contributed by atoms with Crippen molar-refractivity contribution in [3.8, 4) is 5.75 Å². The number of phenols is 1. The van der Waals surface area contributed by atoms with Crippen molar-refractivity contribution in [3.63, 3.8) is 0 Å². The maximum atomic E-state index is 11.8. The number of aromatic hydroxyl groups is 1. The lowest BCUT2D eigenvalue weighted by molar-refractivity contribution is 0.0526. The molecule has 0 spiro atoms. The number of nitrogens with zero attached hydrogens (tertiary/aromatic N) is 2. The molecule has 1 aromatic carbocycles. The summed E-state index contributed by atoms with van der Waals surface area (Å²) in [6.45, 7) is 12.3. The van der Waals surface area contributed by atoms with Crippen LogP contribution in [0.1, 0.15) is 20.8 Å². The first-order chi connectivity index (χ1) is 11.2. The third-order valence-corrected chi connectivity index (χ3v) is 3.91. The summed E-state index contributed by atoms with van der Waals surface area (Å²) in [4.78, 5) is 16.0. The van der Waals surface area contributed by atoms with Gasteiger partial charge in [0.15, 0.2) is 0 Å². The minimum atomic E-state index is -0.540. The third kappa shape index (κ3) is 4.96. The van der Waals surface area contributed by atoms with Crippen molar-refractivity contribution in [3.05, 3.63) is 35.6 Å². The van der Waals surface area contributed by atoms with Crippen molar-refractivity contribution in [1.82, 2.24) is 10.2 Å². The van der Waals surface area contributed by atoms with Gasteiger partial charge in [0.1, 0.15) is 17.2 Å². The van der Waals surface area contributed by atoms with E-state index >= 15 is 0 Å².